The fourth-order valence-corrected chi connectivity index (χ4v) is 1.35. The molecule has 2 aromatic heterocycles. The summed E-state index contributed by atoms with van der Waals surface area (Å²) in [6.07, 6.45) is 3.56. The molecule has 2 heterocycles. The molecule has 5 heteroatoms. The lowest BCUT2D eigenvalue weighted by Crippen LogP contribution is -2.15. The number of carbonyl (C=O) groups excluding carboxylic acids is 1. The van der Waals surface area contributed by atoms with Crippen molar-refractivity contribution in [2.24, 2.45) is 0 Å². The van der Waals surface area contributed by atoms with Crippen molar-refractivity contribution >= 4 is 11.7 Å². The molecule has 0 saturated carbocycles. The predicted molar refractivity (Wildman–Crippen MR) is 59.9 cm³/mol. The molecule has 16 heavy (non-hydrogen) atoms. The summed E-state index contributed by atoms with van der Waals surface area (Å²) >= 11 is 0. The van der Waals surface area contributed by atoms with Crippen LogP contribution in [-0.2, 0) is 11.2 Å². The summed E-state index contributed by atoms with van der Waals surface area (Å²) in [5, 5.41) is 9.23. The standard InChI is InChI=1S/C11H12N4O/c1-8-2-4-12-10(6-8)14-11(16)7-9-3-5-13-15-9/h2-6H,7H2,1H3,(H,13,15)(H,12,14,16). The summed E-state index contributed by atoms with van der Waals surface area (Å²) in [6, 6.07) is 5.47. The van der Waals surface area contributed by atoms with E-state index >= 15 is 0 Å². The van der Waals surface area contributed by atoms with E-state index in [-0.39, 0.29) is 12.3 Å². The number of amides is 1. The molecule has 0 aliphatic rings. The average Bonchev–Trinajstić information content (AvgIpc) is 2.70. The van der Waals surface area contributed by atoms with Gasteiger partial charge in [0.25, 0.3) is 0 Å². The van der Waals surface area contributed by atoms with Gasteiger partial charge in [-0.2, -0.15) is 5.10 Å². The van der Waals surface area contributed by atoms with Crippen molar-refractivity contribution < 1.29 is 4.79 Å². The number of hydrogen-bond donors (Lipinski definition) is 2. The van der Waals surface area contributed by atoms with Crippen LogP contribution in [0, 0.1) is 6.92 Å². The molecule has 0 radical (unpaired) electrons. The first kappa shape index (κ1) is 10.4. The third-order valence-electron chi connectivity index (χ3n) is 2.09. The van der Waals surface area contributed by atoms with Gasteiger partial charge in [0.1, 0.15) is 5.82 Å². The Morgan fingerprint density at radius 1 is 1.44 bits per heavy atom. The number of rotatable bonds is 3. The quantitative estimate of drug-likeness (QED) is 0.812. The zero-order chi connectivity index (χ0) is 11.4. The maximum atomic E-state index is 11.6. The Bertz CT molecular complexity index is 478. The van der Waals surface area contributed by atoms with Gasteiger partial charge in [0, 0.05) is 18.1 Å². The number of aryl methyl sites for hydroxylation is 1. The second-order valence-electron chi connectivity index (χ2n) is 3.53. The third kappa shape index (κ3) is 2.66. The maximum Gasteiger partial charge on any atom is 0.231 e. The molecule has 0 saturated heterocycles. The molecular weight excluding hydrogens is 204 g/mol. The molecule has 1 amide bonds. The topological polar surface area (TPSA) is 70.7 Å². The Morgan fingerprint density at radius 3 is 3.00 bits per heavy atom. The van der Waals surface area contributed by atoms with Crippen LogP contribution in [0.1, 0.15) is 11.3 Å². The number of carbonyl (C=O) groups is 1. The lowest BCUT2D eigenvalue weighted by Gasteiger charge is -2.03. The lowest BCUT2D eigenvalue weighted by atomic mass is 10.3. The number of pyridine rings is 1. The van der Waals surface area contributed by atoms with Crippen molar-refractivity contribution in [1.29, 1.82) is 0 Å². The summed E-state index contributed by atoms with van der Waals surface area (Å²) in [4.78, 5) is 15.6. The van der Waals surface area contributed by atoms with Crippen molar-refractivity contribution in [2.45, 2.75) is 13.3 Å². The van der Waals surface area contributed by atoms with Gasteiger partial charge in [0.15, 0.2) is 0 Å². The Morgan fingerprint density at radius 2 is 2.31 bits per heavy atom. The second kappa shape index (κ2) is 4.57. The van der Waals surface area contributed by atoms with E-state index in [1.165, 1.54) is 0 Å². The molecule has 5 nitrogen and oxygen atoms in total. The van der Waals surface area contributed by atoms with E-state index in [2.05, 4.69) is 20.5 Å². The number of anilines is 1. The molecule has 0 fully saturated rings. The minimum Gasteiger partial charge on any atom is -0.310 e. The predicted octanol–water partition coefficient (Wildman–Crippen LogP) is 1.29. The van der Waals surface area contributed by atoms with Crippen LogP contribution in [0.2, 0.25) is 0 Å². The van der Waals surface area contributed by atoms with Gasteiger partial charge in [-0.25, -0.2) is 4.98 Å². The lowest BCUT2D eigenvalue weighted by molar-refractivity contribution is -0.115. The Kier molecular flexibility index (Phi) is 2.95. The number of nitrogens with zero attached hydrogens (tertiary/aromatic N) is 2. The summed E-state index contributed by atoms with van der Waals surface area (Å²) < 4.78 is 0. The first-order valence-electron chi connectivity index (χ1n) is 4.95. The van der Waals surface area contributed by atoms with Crippen molar-refractivity contribution in [1.82, 2.24) is 15.2 Å². The van der Waals surface area contributed by atoms with Crippen molar-refractivity contribution in [3.8, 4) is 0 Å². The van der Waals surface area contributed by atoms with Crippen LogP contribution in [0.15, 0.2) is 30.6 Å². The highest BCUT2D eigenvalue weighted by Gasteiger charge is 2.05. The summed E-state index contributed by atoms with van der Waals surface area (Å²) in [5.74, 6) is 0.465. The first-order valence-corrected chi connectivity index (χ1v) is 4.95. The molecule has 2 aromatic rings. The fraction of sp³-hybridized carbons (Fsp3) is 0.182. The molecule has 0 aliphatic heterocycles. The summed E-state index contributed by atoms with van der Waals surface area (Å²) in [5.41, 5.74) is 1.84. The van der Waals surface area contributed by atoms with Crippen molar-refractivity contribution in [3.05, 3.63) is 41.9 Å². The number of H-pyrrole nitrogens is 1. The van der Waals surface area contributed by atoms with Crippen molar-refractivity contribution in [2.75, 3.05) is 5.32 Å². The molecule has 0 spiro atoms. The number of aromatic nitrogens is 3. The minimum absolute atomic E-state index is 0.109. The molecule has 0 atom stereocenters. The van der Waals surface area contributed by atoms with Crippen LogP contribution < -0.4 is 5.32 Å². The largest absolute Gasteiger partial charge is 0.310 e. The van der Waals surface area contributed by atoms with E-state index in [4.69, 9.17) is 0 Å². The molecule has 2 N–H and O–H groups in total. The molecule has 0 unspecified atom stereocenters. The normalized spacial score (nSPS) is 10.1. The van der Waals surface area contributed by atoms with Gasteiger partial charge in [0.2, 0.25) is 5.91 Å². The van der Waals surface area contributed by atoms with Crippen LogP contribution >= 0.6 is 0 Å². The first-order chi connectivity index (χ1) is 7.74. The number of hydrogen-bond acceptors (Lipinski definition) is 3. The third-order valence-corrected chi connectivity index (χ3v) is 2.09. The molecule has 82 valence electrons. The highest BCUT2D eigenvalue weighted by atomic mass is 16.1. The van der Waals surface area contributed by atoms with Gasteiger partial charge >= 0.3 is 0 Å². The Balaban J connectivity index is 1.97. The van der Waals surface area contributed by atoms with E-state index in [1.807, 2.05) is 19.1 Å². The van der Waals surface area contributed by atoms with Crippen LogP contribution in [0.5, 0.6) is 0 Å². The van der Waals surface area contributed by atoms with Crippen LogP contribution in [-0.4, -0.2) is 21.1 Å². The molecular formula is C11H12N4O. The van der Waals surface area contributed by atoms with Crippen LogP contribution in [0.4, 0.5) is 5.82 Å². The summed E-state index contributed by atoms with van der Waals surface area (Å²) in [7, 11) is 0. The number of nitrogens with one attached hydrogen (secondary N) is 2. The van der Waals surface area contributed by atoms with Crippen molar-refractivity contribution in [3.63, 3.8) is 0 Å². The molecule has 0 aromatic carbocycles. The smallest absolute Gasteiger partial charge is 0.231 e. The Hall–Kier alpha value is -2.17. The minimum atomic E-state index is -0.109. The second-order valence-corrected chi connectivity index (χ2v) is 3.53. The number of aromatic amines is 1. The SMILES string of the molecule is Cc1ccnc(NC(=O)Cc2ccn[nH]2)c1. The van der Waals surface area contributed by atoms with E-state index < -0.39 is 0 Å². The molecule has 0 aliphatic carbocycles. The summed E-state index contributed by atoms with van der Waals surface area (Å²) in [6.45, 7) is 1.95. The van der Waals surface area contributed by atoms with Crippen LogP contribution in [0.3, 0.4) is 0 Å². The van der Waals surface area contributed by atoms with E-state index in [9.17, 15) is 4.79 Å². The van der Waals surface area contributed by atoms with Gasteiger partial charge in [-0.1, -0.05) is 0 Å². The van der Waals surface area contributed by atoms with E-state index in [0.717, 1.165) is 11.3 Å². The van der Waals surface area contributed by atoms with E-state index in [1.54, 1.807) is 18.5 Å². The van der Waals surface area contributed by atoms with Crippen LogP contribution in [0.25, 0.3) is 0 Å². The molecule has 0 bridgehead atoms. The molecule has 2 rings (SSSR count). The van der Waals surface area contributed by atoms with Gasteiger partial charge in [-0.3, -0.25) is 9.89 Å². The zero-order valence-electron chi connectivity index (χ0n) is 8.90. The van der Waals surface area contributed by atoms with Gasteiger partial charge in [-0.15, -0.1) is 0 Å². The maximum absolute atomic E-state index is 11.6. The Labute approximate surface area is 92.9 Å². The fourth-order valence-electron chi connectivity index (χ4n) is 1.35. The highest BCUT2D eigenvalue weighted by Crippen LogP contribution is 2.05. The zero-order valence-corrected chi connectivity index (χ0v) is 8.90. The van der Waals surface area contributed by atoms with Gasteiger partial charge in [-0.05, 0) is 30.7 Å². The monoisotopic (exact) mass is 216 g/mol. The van der Waals surface area contributed by atoms with E-state index in [0.29, 0.717) is 5.82 Å². The van der Waals surface area contributed by atoms with Gasteiger partial charge in [0.05, 0.1) is 6.42 Å². The average molecular weight is 216 g/mol. The van der Waals surface area contributed by atoms with Gasteiger partial charge < -0.3 is 5.32 Å². The highest BCUT2D eigenvalue weighted by molar-refractivity contribution is 5.91.